The first kappa shape index (κ1) is 16.8. The Morgan fingerprint density at radius 2 is 2.00 bits per heavy atom. The van der Waals surface area contributed by atoms with Crippen LogP contribution < -0.4 is 9.64 Å². The van der Waals surface area contributed by atoms with Crippen molar-refractivity contribution in [3.8, 4) is 11.8 Å². The van der Waals surface area contributed by atoms with Crippen molar-refractivity contribution in [1.82, 2.24) is 0 Å². The van der Waals surface area contributed by atoms with Crippen LogP contribution in [0.2, 0.25) is 5.02 Å². The predicted molar refractivity (Wildman–Crippen MR) is 86.1 cm³/mol. The summed E-state index contributed by atoms with van der Waals surface area (Å²) in [5.74, 6) is -0.313. The van der Waals surface area contributed by atoms with Gasteiger partial charge in [0.2, 0.25) is 0 Å². The van der Waals surface area contributed by atoms with Crippen molar-refractivity contribution in [2.45, 2.75) is 6.92 Å². The van der Waals surface area contributed by atoms with Gasteiger partial charge in [-0.3, -0.25) is 4.79 Å². The van der Waals surface area contributed by atoms with Crippen molar-refractivity contribution in [2.24, 2.45) is 0 Å². The van der Waals surface area contributed by atoms with Crippen molar-refractivity contribution in [1.29, 1.82) is 5.26 Å². The second-order valence-corrected chi connectivity index (χ2v) is 5.07. The normalized spacial score (nSPS) is 10.0. The van der Waals surface area contributed by atoms with Gasteiger partial charge in [-0.2, -0.15) is 5.26 Å². The van der Waals surface area contributed by atoms with E-state index in [1.54, 1.807) is 12.1 Å². The number of ether oxygens (including phenoxy) is 1. The Labute approximate surface area is 138 Å². The number of rotatable bonds is 5. The van der Waals surface area contributed by atoms with Crippen LogP contribution in [0.1, 0.15) is 12.5 Å². The molecule has 2 rings (SSSR count). The smallest absolute Gasteiger partial charge is 0.264 e. The van der Waals surface area contributed by atoms with Crippen LogP contribution in [-0.4, -0.2) is 19.1 Å². The zero-order valence-electron chi connectivity index (χ0n) is 12.4. The van der Waals surface area contributed by atoms with Crippen LogP contribution in [0, 0.1) is 17.1 Å². The molecule has 0 fully saturated rings. The monoisotopic (exact) mass is 332 g/mol. The lowest BCUT2D eigenvalue weighted by molar-refractivity contribution is -0.120. The van der Waals surface area contributed by atoms with Gasteiger partial charge in [-0.25, -0.2) is 4.39 Å². The van der Waals surface area contributed by atoms with Gasteiger partial charge in [0.05, 0.1) is 16.7 Å². The van der Waals surface area contributed by atoms with Crippen LogP contribution in [0.25, 0.3) is 0 Å². The molecule has 0 spiro atoms. The van der Waals surface area contributed by atoms with Gasteiger partial charge in [0, 0.05) is 12.2 Å². The molecule has 0 saturated heterocycles. The van der Waals surface area contributed by atoms with Crippen molar-refractivity contribution < 1.29 is 13.9 Å². The molecule has 0 atom stereocenters. The van der Waals surface area contributed by atoms with Crippen LogP contribution in [0.5, 0.6) is 5.75 Å². The topological polar surface area (TPSA) is 53.3 Å². The molecule has 0 aliphatic heterocycles. The fourth-order valence-electron chi connectivity index (χ4n) is 2.03. The number of carbonyl (C=O) groups excluding carboxylic acids is 1. The van der Waals surface area contributed by atoms with Gasteiger partial charge in [-0.15, -0.1) is 0 Å². The summed E-state index contributed by atoms with van der Waals surface area (Å²) in [6.45, 7) is 2.03. The third kappa shape index (κ3) is 4.21. The number of hydrogen-bond donors (Lipinski definition) is 0. The lowest BCUT2D eigenvalue weighted by Gasteiger charge is -2.21. The average Bonchev–Trinajstić information content (AvgIpc) is 2.56. The van der Waals surface area contributed by atoms with Crippen LogP contribution >= 0.6 is 11.6 Å². The number of benzene rings is 2. The molecule has 0 unspecified atom stereocenters. The van der Waals surface area contributed by atoms with Crippen molar-refractivity contribution in [3.05, 3.63) is 58.9 Å². The lowest BCUT2D eigenvalue weighted by atomic mass is 10.2. The Hall–Kier alpha value is -2.58. The van der Waals surface area contributed by atoms with E-state index in [4.69, 9.17) is 21.6 Å². The first-order valence-corrected chi connectivity index (χ1v) is 7.31. The van der Waals surface area contributed by atoms with E-state index in [1.807, 2.05) is 13.0 Å². The molecule has 0 aromatic heterocycles. The van der Waals surface area contributed by atoms with Crippen LogP contribution in [0.3, 0.4) is 0 Å². The molecule has 0 heterocycles. The van der Waals surface area contributed by atoms with Gasteiger partial charge < -0.3 is 9.64 Å². The maximum Gasteiger partial charge on any atom is 0.264 e. The van der Waals surface area contributed by atoms with E-state index < -0.39 is 0 Å². The summed E-state index contributed by atoms with van der Waals surface area (Å²) >= 11 is 6.00. The van der Waals surface area contributed by atoms with Crippen LogP contribution in [0.4, 0.5) is 10.1 Å². The summed E-state index contributed by atoms with van der Waals surface area (Å²) in [4.78, 5) is 13.8. The molecule has 6 heteroatoms. The zero-order chi connectivity index (χ0) is 16.8. The number of nitriles is 1. The number of likely N-dealkylation sites (N-methyl/N-ethyl adjacent to an activating group) is 1. The third-order valence-electron chi connectivity index (χ3n) is 3.17. The van der Waals surface area contributed by atoms with Crippen molar-refractivity contribution in [2.75, 3.05) is 18.1 Å². The third-order valence-corrected chi connectivity index (χ3v) is 3.46. The molecule has 2 aromatic rings. The number of nitrogens with zero attached hydrogens (tertiary/aromatic N) is 2. The molecule has 1 amide bonds. The van der Waals surface area contributed by atoms with Crippen LogP contribution in [0.15, 0.2) is 42.5 Å². The molecule has 0 N–H and O–H groups in total. The van der Waals surface area contributed by atoms with Gasteiger partial charge in [0.1, 0.15) is 11.6 Å². The minimum atomic E-state index is -0.363. The summed E-state index contributed by atoms with van der Waals surface area (Å²) in [7, 11) is 0. The summed E-state index contributed by atoms with van der Waals surface area (Å²) < 4.78 is 18.4. The highest BCUT2D eigenvalue weighted by Crippen LogP contribution is 2.25. The van der Waals surface area contributed by atoms with Gasteiger partial charge in [-0.1, -0.05) is 11.6 Å². The molecule has 23 heavy (non-hydrogen) atoms. The molecule has 118 valence electrons. The molecule has 0 radical (unpaired) electrons. The Bertz CT molecular complexity index is 741. The SMILES string of the molecule is CCN(C(=O)COc1ccc(C#N)cc1Cl)c1ccc(F)cc1. The van der Waals surface area contributed by atoms with Gasteiger partial charge in [0.15, 0.2) is 6.61 Å². The fraction of sp³-hybridized carbons (Fsp3) is 0.176. The highest BCUT2D eigenvalue weighted by Gasteiger charge is 2.15. The molecule has 4 nitrogen and oxygen atoms in total. The van der Waals surface area contributed by atoms with E-state index in [2.05, 4.69) is 0 Å². The predicted octanol–water partition coefficient (Wildman–Crippen LogP) is 3.78. The van der Waals surface area contributed by atoms with E-state index in [1.165, 1.54) is 35.2 Å². The number of hydrogen-bond acceptors (Lipinski definition) is 3. The van der Waals surface area contributed by atoms with E-state index in [0.29, 0.717) is 23.5 Å². The molecule has 0 bridgehead atoms. The Morgan fingerprint density at radius 1 is 1.30 bits per heavy atom. The summed E-state index contributed by atoms with van der Waals surface area (Å²) in [6.07, 6.45) is 0. The average molecular weight is 333 g/mol. The van der Waals surface area contributed by atoms with E-state index in [0.717, 1.165) is 0 Å². The molecular weight excluding hydrogens is 319 g/mol. The number of halogens is 2. The van der Waals surface area contributed by atoms with E-state index in [9.17, 15) is 9.18 Å². The highest BCUT2D eigenvalue weighted by molar-refractivity contribution is 6.32. The number of carbonyl (C=O) groups is 1. The van der Waals surface area contributed by atoms with Crippen molar-refractivity contribution in [3.63, 3.8) is 0 Å². The molecule has 0 aliphatic rings. The summed E-state index contributed by atoms with van der Waals surface area (Å²) in [6, 6.07) is 12.2. The Balaban J connectivity index is 2.06. The zero-order valence-corrected chi connectivity index (χ0v) is 13.2. The first-order chi connectivity index (χ1) is 11.0. The molecule has 0 aliphatic carbocycles. The second-order valence-electron chi connectivity index (χ2n) is 4.66. The maximum atomic E-state index is 13.0. The largest absolute Gasteiger partial charge is 0.482 e. The standard InChI is InChI=1S/C17H14ClFN2O2/c1-2-21(14-6-4-13(19)5-7-14)17(22)11-23-16-8-3-12(10-20)9-15(16)18/h3-9H,2,11H2,1H3. The number of anilines is 1. The molecule has 0 saturated carbocycles. The minimum absolute atomic E-state index is 0.211. The Morgan fingerprint density at radius 3 is 2.57 bits per heavy atom. The second kappa shape index (κ2) is 7.61. The van der Waals surface area contributed by atoms with Gasteiger partial charge in [-0.05, 0) is 49.4 Å². The lowest BCUT2D eigenvalue weighted by Crippen LogP contribution is -2.34. The van der Waals surface area contributed by atoms with Crippen LogP contribution in [-0.2, 0) is 4.79 Å². The first-order valence-electron chi connectivity index (χ1n) is 6.93. The molecular formula is C17H14ClFN2O2. The van der Waals surface area contributed by atoms with E-state index in [-0.39, 0.29) is 23.4 Å². The van der Waals surface area contributed by atoms with Gasteiger partial charge >= 0.3 is 0 Å². The summed E-state index contributed by atoms with van der Waals surface area (Å²) in [5.41, 5.74) is 1.00. The number of amides is 1. The van der Waals surface area contributed by atoms with Crippen molar-refractivity contribution >= 4 is 23.2 Å². The Kier molecular flexibility index (Phi) is 5.56. The maximum absolute atomic E-state index is 13.0. The summed E-state index contributed by atoms with van der Waals surface area (Å²) in [5, 5.41) is 9.05. The fourth-order valence-corrected chi connectivity index (χ4v) is 2.26. The van der Waals surface area contributed by atoms with Gasteiger partial charge in [0.25, 0.3) is 5.91 Å². The minimum Gasteiger partial charge on any atom is -0.482 e. The van der Waals surface area contributed by atoms with E-state index >= 15 is 0 Å². The quantitative estimate of drug-likeness (QED) is 0.837. The highest BCUT2D eigenvalue weighted by atomic mass is 35.5. The molecule has 2 aromatic carbocycles.